The van der Waals surface area contributed by atoms with E-state index in [1.165, 1.54) is 0 Å². The lowest BCUT2D eigenvalue weighted by atomic mass is 10.1. The van der Waals surface area contributed by atoms with Crippen LogP contribution in [0.25, 0.3) is 0 Å². The van der Waals surface area contributed by atoms with Crippen molar-refractivity contribution in [3.63, 3.8) is 0 Å². The maximum absolute atomic E-state index is 12.0. The molecule has 0 aliphatic heterocycles. The van der Waals surface area contributed by atoms with E-state index >= 15 is 0 Å². The van der Waals surface area contributed by atoms with Gasteiger partial charge in [0.15, 0.2) is 5.78 Å². The largest absolute Gasteiger partial charge is 0.342 e. The van der Waals surface area contributed by atoms with Crippen molar-refractivity contribution in [3.8, 4) is 0 Å². The molecule has 0 aliphatic rings. The monoisotopic (exact) mass is 297 g/mol. The smallest absolute Gasteiger partial charge is 0.253 e. The molecule has 92 valence electrons. The Balaban J connectivity index is 2.84. The van der Waals surface area contributed by atoms with Crippen molar-refractivity contribution in [2.24, 2.45) is 0 Å². The summed E-state index contributed by atoms with van der Waals surface area (Å²) in [5.41, 5.74) is 1.55. The topological polar surface area (TPSA) is 46.2 Å². The average Bonchev–Trinajstić information content (AvgIpc) is 2.31. The third kappa shape index (κ3) is 3.40. The van der Waals surface area contributed by atoms with Gasteiger partial charge in [0.2, 0.25) is 0 Å². The Morgan fingerprint density at radius 2 is 2.06 bits per heavy atom. The number of benzene rings is 1. The summed E-state index contributed by atoms with van der Waals surface area (Å²) in [6.45, 7) is 5.41. The van der Waals surface area contributed by atoms with E-state index in [0.29, 0.717) is 12.0 Å². The Bertz CT molecular complexity index is 443. The summed E-state index contributed by atoms with van der Waals surface area (Å²) in [5.74, 6) is -0.197. The summed E-state index contributed by atoms with van der Waals surface area (Å²) in [7, 11) is 0. The van der Waals surface area contributed by atoms with Crippen LogP contribution in [0.5, 0.6) is 0 Å². The van der Waals surface area contributed by atoms with E-state index in [9.17, 15) is 9.59 Å². The third-order valence-electron chi connectivity index (χ3n) is 2.62. The first-order valence-corrected chi connectivity index (χ1v) is 6.35. The molecule has 1 N–H and O–H groups in total. The molecule has 0 aliphatic carbocycles. The van der Waals surface area contributed by atoms with Gasteiger partial charge >= 0.3 is 0 Å². The van der Waals surface area contributed by atoms with Gasteiger partial charge in [-0.3, -0.25) is 9.59 Å². The highest BCUT2D eigenvalue weighted by Gasteiger charge is 2.17. The molecular weight excluding hydrogens is 282 g/mol. The van der Waals surface area contributed by atoms with Crippen LogP contribution in [-0.4, -0.2) is 17.7 Å². The maximum Gasteiger partial charge on any atom is 0.253 e. The molecule has 0 bridgehead atoms. The lowest BCUT2D eigenvalue weighted by Gasteiger charge is -2.13. The van der Waals surface area contributed by atoms with E-state index in [0.717, 1.165) is 10.0 Å². The molecule has 1 aromatic rings. The van der Waals surface area contributed by atoms with Gasteiger partial charge in [-0.15, -0.1) is 0 Å². The van der Waals surface area contributed by atoms with Crippen LogP contribution in [0.2, 0.25) is 0 Å². The number of halogens is 1. The fourth-order valence-electron chi connectivity index (χ4n) is 1.48. The van der Waals surface area contributed by atoms with Crippen molar-refractivity contribution >= 4 is 27.6 Å². The van der Waals surface area contributed by atoms with E-state index in [-0.39, 0.29) is 11.7 Å². The number of carbonyl (C=O) groups is 2. The molecule has 1 atom stereocenters. The lowest BCUT2D eigenvalue weighted by Crippen LogP contribution is -2.38. The van der Waals surface area contributed by atoms with Crippen LogP contribution in [0.1, 0.15) is 36.2 Å². The Labute approximate surface area is 110 Å². The van der Waals surface area contributed by atoms with Crippen LogP contribution in [0, 0.1) is 6.92 Å². The minimum Gasteiger partial charge on any atom is -0.342 e. The van der Waals surface area contributed by atoms with Gasteiger partial charge < -0.3 is 5.32 Å². The molecule has 0 aromatic heterocycles. The van der Waals surface area contributed by atoms with E-state index in [1.807, 2.05) is 19.1 Å². The first-order valence-electron chi connectivity index (χ1n) is 5.56. The quantitative estimate of drug-likeness (QED) is 0.929. The summed E-state index contributed by atoms with van der Waals surface area (Å²) < 4.78 is 0.772. The molecule has 0 saturated carbocycles. The summed E-state index contributed by atoms with van der Waals surface area (Å²) in [6.07, 6.45) is 0.427. The second kappa shape index (κ2) is 5.96. The van der Waals surface area contributed by atoms with Gasteiger partial charge in [-0.05, 0) is 41.4 Å². The predicted octanol–water partition coefficient (Wildman–Crippen LogP) is 2.85. The number of hydrogen-bond donors (Lipinski definition) is 1. The van der Waals surface area contributed by atoms with Crippen molar-refractivity contribution in [1.82, 2.24) is 5.32 Å². The van der Waals surface area contributed by atoms with Crippen LogP contribution in [0.4, 0.5) is 0 Å². The highest BCUT2D eigenvalue weighted by molar-refractivity contribution is 9.10. The molecule has 4 heteroatoms. The molecule has 0 saturated heterocycles. The highest BCUT2D eigenvalue weighted by atomic mass is 79.9. The number of rotatable bonds is 4. The number of carbonyl (C=O) groups excluding carboxylic acids is 2. The summed E-state index contributed by atoms with van der Waals surface area (Å²) in [6, 6.07) is 5.03. The molecule has 1 aromatic carbocycles. The second-order valence-electron chi connectivity index (χ2n) is 3.95. The van der Waals surface area contributed by atoms with Crippen molar-refractivity contribution in [1.29, 1.82) is 0 Å². The minimum absolute atomic E-state index is 0.0297. The fraction of sp³-hybridized carbons (Fsp3) is 0.385. The number of nitrogens with one attached hydrogen (secondary N) is 1. The van der Waals surface area contributed by atoms with E-state index in [4.69, 9.17) is 0 Å². The zero-order valence-electron chi connectivity index (χ0n) is 10.2. The Kier molecular flexibility index (Phi) is 4.87. The number of Topliss-reactive ketones (excluding diaryl/α,β-unsaturated/α-hetero) is 1. The summed E-state index contributed by atoms with van der Waals surface area (Å²) in [4.78, 5) is 23.4. The zero-order valence-corrected chi connectivity index (χ0v) is 11.8. The molecule has 0 spiro atoms. The van der Waals surface area contributed by atoms with Crippen LogP contribution < -0.4 is 5.32 Å². The average molecular weight is 298 g/mol. The number of amides is 1. The van der Waals surface area contributed by atoms with Gasteiger partial charge in [-0.1, -0.05) is 19.1 Å². The standard InChI is InChI=1S/C13H16BrNO2/c1-4-11(16)9(3)15-13(17)10-7-5-6-8(2)12(10)14/h5-7,9H,4H2,1-3H3,(H,15,17). The van der Waals surface area contributed by atoms with E-state index in [2.05, 4.69) is 21.2 Å². The molecule has 0 radical (unpaired) electrons. The normalized spacial score (nSPS) is 12.0. The van der Waals surface area contributed by atoms with Crippen LogP contribution in [0.15, 0.2) is 22.7 Å². The third-order valence-corrected chi connectivity index (χ3v) is 3.67. The first kappa shape index (κ1) is 13.9. The zero-order chi connectivity index (χ0) is 13.0. The van der Waals surface area contributed by atoms with Gasteiger partial charge in [0.25, 0.3) is 5.91 Å². The molecule has 17 heavy (non-hydrogen) atoms. The van der Waals surface area contributed by atoms with Gasteiger partial charge in [0.05, 0.1) is 11.6 Å². The van der Waals surface area contributed by atoms with E-state index in [1.54, 1.807) is 19.9 Å². The molecule has 1 amide bonds. The molecular formula is C13H16BrNO2. The van der Waals surface area contributed by atoms with Gasteiger partial charge in [0.1, 0.15) is 0 Å². The molecule has 1 rings (SSSR count). The molecule has 1 unspecified atom stereocenters. The van der Waals surface area contributed by atoms with Crippen LogP contribution in [0.3, 0.4) is 0 Å². The Morgan fingerprint density at radius 1 is 1.41 bits per heavy atom. The van der Waals surface area contributed by atoms with Crippen molar-refractivity contribution < 1.29 is 9.59 Å². The molecule has 0 fully saturated rings. The number of ketones is 1. The molecule has 3 nitrogen and oxygen atoms in total. The SMILES string of the molecule is CCC(=O)C(C)NC(=O)c1cccc(C)c1Br. The van der Waals surface area contributed by atoms with Crippen molar-refractivity contribution in [2.45, 2.75) is 33.2 Å². The van der Waals surface area contributed by atoms with Crippen molar-refractivity contribution in [2.75, 3.05) is 0 Å². The predicted molar refractivity (Wildman–Crippen MR) is 71.1 cm³/mol. The Hall–Kier alpha value is -1.16. The molecule has 0 heterocycles. The minimum atomic E-state index is -0.445. The van der Waals surface area contributed by atoms with Crippen molar-refractivity contribution in [3.05, 3.63) is 33.8 Å². The van der Waals surface area contributed by atoms with Crippen LogP contribution >= 0.6 is 15.9 Å². The maximum atomic E-state index is 12.0. The van der Waals surface area contributed by atoms with Gasteiger partial charge in [-0.2, -0.15) is 0 Å². The van der Waals surface area contributed by atoms with Crippen LogP contribution in [-0.2, 0) is 4.79 Å². The summed E-state index contributed by atoms with van der Waals surface area (Å²) >= 11 is 3.38. The van der Waals surface area contributed by atoms with Gasteiger partial charge in [-0.25, -0.2) is 0 Å². The fourth-order valence-corrected chi connectivity index (χ4v) is 1.93. The number of hydrogen-bond acceptors (Lipinski definition) is 2. The lowest BCUT2D eigenvalue weighted by molar-refractivity contribution is -0.120. The Morgan fingerprint density at radius 3 is 2.65 bits per heavy atom. The number of aryl methyl sites for hydroxylation is 1. The van der Waals surface area contributed by atoms with E-state index < -0.39 is 6.04 Å². The second-order valence-corrected chi connectivity index (χ2v) is 4.74. The van der Waals surface area contributed by atoms with Gasteiger partial charge in [0, 0.05) is 10.9 Å². The summed E-state index contributed by atoms with van der Waals surface area (Å²) in [5, 5.41) is 2.70. The highest BCUT2D eigenvalue weighted by Crippen LogP contribution is 2.20. The first-order chi connectivity index (χ1) is 7.97.